The van der Waals surface area contributed by atoms with E-state index in [1.807, 2.05) is 12.1 Å². The van der Waals surface area contributed by atoms with Gasteiger partial charge in [-0.15, -0.1) is 0 Å². The molecular formula is C11H16BrNO. The van der Waals surface area contributed by atoms with Crippen LogP contribution in [-0.2, 0) is 6.54 Å². The third-order valence-corrected chi connectivity index (χ3v) is 2.66. The van der Waals surface area contributed by atoms with E-state index in [0.29, 0.717) is 6.04 Å². The molecule has 0 aliphatic carbocycles. The number of halogens is 1. The predicted molar refractivity (Wildman–Crippen MR) is 62.1 cm³/mol. The zero-order chi connectivity index (χ0) is 10.4. The van der Waals surface area contributed by atoms with Crippen molar-refractivity contribution in [3.8, 4) is 0 Å². The number of benzene rings is 1. The minimum atomic E-state index is 0.245. The van der Waals surface area contributed by atoms with E-state index in [1.54, 1.807) is 0 Å². The molecule has 1 rings (SSSR count). The molecule has 0 heterocycles. The fourth-order valence-corrected chi connectivity index (χ4v) is 1.45. The van der Waals surface area contributed by atoms with E-state index in [9.17, 15) is 0 Å². The highest BCUT2D eigenvalue weighted by atomic mass is 79.9. The van der Waals surface area contributed by atoms with Gasteiger partial charge in [-0.1, -0.05) is 28.1 Å². The second-order valence-electron chi connectivity index (χ2n) is 3.42. The average Bonchev–Trinajstić information content (AvgIpc) is 2.17. The number of nitrogens with one attached hydrogen (secondary N) is 1. The topological polar surface area (TPSA) is 32.3 Å². The minimum Gasteiger partial charge on any atom is -0.396 e. The Balaban J connectivity index is 2.34. The lowest BCUT2D eigenvalue weighted by atomic mass is 10.2. The van der Waals surface area contributed by atoms with Gasteiger partial charge in [0.25, 0.3) is 0 Å². The van der Waals surface area contributed by atoms with E-state index in [0.717, 1.165) is 17.4 Å². The normalized spacial score (nSPS) is 12.8. The second-order valence-corrected chi connectivity index (χ2v) is 4.34. The summed E-state index contributed by atoms with van der Waals surface area (Å²) in [7, 11) is 0. The van der Waals surface area contributed by atoms with E-state index >= 15 is 0 Å². The summed E-state index contributed by atoms with van der Waals surface area (Å²) >= 11 is 3.40. The zero-order valence-corrected chi connectivity index (χ0v) is 9.92. The molecular weight excluding hydrogens is 242 g/mol. The first kappa shape index (κ1) is 11.7. The molecule has 0 radical (unpaired) electrons. The van der Waals surface area contributed by atoms with Gasteiger partial charge in [-0.05, 0) is 31.0 Å². The molecule has 0 aliphatic heterocycles. The van der Waals surface area contributed by atoms with Crippen LogP contribution in [0.3, 0.4) is 0 Å². The second kappa shape index (κ2) is 6.17. The highest BCUT2D eigenvalue weighted by molar-refractivity contribution is 9.10. The Bertz CT molecular complexity index is 260. The van der Waals surface area contributed by atoms with Crippen molar-refractivity contribution in [1.82, 2.24) is 5.32 Å². The number of hydrogen-bond acceptors (Lipinski definition) is 2. The van der Waals surface area contributed by atoms with Crippen molar-refractivity contribution in [2.24, 2.45) is 0 Å². The summed E-state index contributed by atoms with van der Waals surface area (Å²) in [4.78, 5) is 0. The molecule has 0 saturated heterocycles. The lowest BCUT2D eigenvalue weighted by Crippen LogP contribution is -2.26. The molecule has 1 aromatic carbocycles. The Labute approximate surface area is 93.5 Å². The van der Waals surface area contributed by atoms with Crippen molar-refractivity contribution in [2.45, 2.75) is 25.9 Å². The van der Waals surface area contributed by atoms with E-state index < -0.39 is 0 Å². The lowest BCUT2D eigenvalue weighted by Gasteiger charge is -2.12. The minimum absolute atomic E-state index is 0.245. The third-order valence-electron chi connectivity index (χ3n) is 2.13. The predicted octanol–water partition coefficient (Wildman–Crippen LogP) is 2.31. The first-order valence-electron chi connectivity index (χ1n) is 4.81. The van der Waals surface area contributed by atoms with Crippen LogP contribution >= 0.6 is 15.9 Å². The smallest absolute Gasteiger partial charge is 0.0445 e. The Morgan fingerprint density at radius 2 is 2.00 bits per heavy atom. The monoisotopic (exact) mass is 257 g/mol. The lowest BCUT2D eigenvalue weighted by molar-refractivity contribution is 0.268. The summed E-state index contributed by atoms with van der Waals surface area (Å²) in [6.07, 6.45) is 0.802. The highest BCUT2D eigenvalue weighted by Crippen LogP contribution is 2.10. The third kappa shape index (κ3) is 4.22. The summed E-state index contributed by atoms with van der Waals surface area (Å²) in [6.45, 7) is 3.18. The SMILES string of the molecule is CC(CCO)NCc1ccc(Br)cc1. The molecule has 0 amide bonds. The van der Waals surface area contributed by atoms with Crippen molar-refractivity contribution in [3.05, 3.63) is 34.3 Å². The van der Waals surface area contributed by atoms with Crippen LogP contribution in [0.15, 0.2) is 28.7 Å². The number of rotatable bonds is 5. The van der Waals surface area contributed by atoms with Crippen molar-refractivity contribution in [1.29, 1.82) is 0 Å². The molecule has 0 spiro atoms. The van der Waals surface area contributed by atoms with Gasteiger partial charge in [0.15, 0.2) is 0 Å². The maximum absolute atomic E-state index is 8.72. The van der Waals surface area contributed by atoms with E-state index in [1.165, 1.54) is 5.56 Å². The van der Waals surface area contributed by atoms with Gasteiger partial charge in [0.05, 0.1) is 0 Å². The molecule has 1 atom stereocenters. The molecule has 78 valence electrons. The molecule has 0 saturated carbocycles. The Morgan fingerprint density at radius 1 is 1.36 bits per heavy atom. The number of hydrogen-bond donors (Lipinski definition) is 2. The van der Waals surface area contributed by atoms with Crippen LogP contribution in [0.25, 0.3) is 0 Å². The molecule has 3 heteroatoms. The van der Waals surface area contributed by atoms with Gasteiger partial charge in [-0.3, -0.25) is 0 Å². The van der Waals surface area contributed by atoms with Crippen molar-refractivity contribution < 1.29 is 5.11 Å². The van der Waals surface area contributed by atoms with Gasteiger partial charge in [0.1, 0.15) is 0 Å². The molecule has 0 fully saturated rings. The standard InChI is InChI=1S/C11H16BrNO/c1-9(6-7-14)13-8-10-2-4-11(12)5-3-10/h2-5,9,13-14H,6-8H2,1H3. The molecule has 0 aromatic heterocycles. The van der Waals surface area contributed by atoms with E-state index in [2.05, 4.69) is 40.3 Å². The summed E-state index contributed by atoms with van der Waals surface area (Å²) < 4.78 is 1.10. The van der Waals surface area contributed by atoms with Crippen LogP contribution in [-0.4, -0.2) is 17.8 Å². The first-order valence-corrected chi connectivity index (χ1v) is 5.60. The van der Waals surface area contributed by atoms with Crippen molar-refractivity contribution in [3.63, 3.8) is 0 Å². The van der Waals surface area contributed by atoms with Crippen LogP contribution in [0.1, 0.15) is 18.9 Å². The number of aliphatic hydroxyl groups excluding tert-OH is 1. The highest BCUT2D eigenvalue weighted by Gasteiger charge is 1.99. The van der Waals surface area contributed by atoms with Gasteiger partial charge >= 0.3 is 0 Å². The average molecular weight is 258 g/mol. The fourth-order valence-electron chi connectivity index (χ4n) is 1.19. The molecule has 1 aromatic rings. The van der Waals surface area contributed by atoms with Crippen LogP contribution < -0.4 is 5.32 Å². The molecule has 2 N–H and O–H groups in total. The summed E-state index contributed by atoms with van der Waals surface area (Å²) in [6, 6.07) is 8.61. The molecule has 14 heavy (non-hydrogen) atoms. The van der Waals surface area contributed by atoms with Gasteiger partial charge < -0.3 is 10.4 Å². The quantitative estimate of drug-likeness (QED) is 0.849. The Kier molecular flexibility index (Phi) is 5.15. The van der Waals surface area contributed by atoms with Gasteiger partial charge in [-0.25, -0.2) is 0 Å². The van der Waals surface area contributed by atoms with Gasteiger partial charge in [-0.2, -0.15) is 0 Å². The van der Waals surface area contributed by atoms with Gasteiger partial charge in [0.2, 0.25) is 0 Å². The van der Waals surface area contributed by atoms with Crippen LogP contribution in [0, 0.1) is 0 Å². The summed E-state index contributed by atoms with van der Waals surface area (Å²) in [5, 5.41) is 12.1. The Hall–Kier alpha value is -0.380. The summed E-state index contributed by atoms with van der Waals surface area (Å²) in [5.74, 6) is 0. The largest absolute Gasteiger partial charge is 0.396 e. The Morgan fingerprint density at radius 3 is 2.57 bits per heavy atom. The van der Waals surface area contributed by atoms with Crippen molar-refractivity contribution >= 4 is 15.9 Å². The van der Waals surface area contributed by atoms with Crippen LogP contribution in [0.5, 0.6) is 0 Å². The molecule has 0 aliphatic rings. The molecule has 0 bridgehead atoms. The van der Waals surface area contributed by atoms with E-state index in [-0.39, 0.29) is 6.61 Å². The van der Waals surface area contributed by atoms with Crippen LogP contribution in [0.2, 0.25) is 0 Å². The van der Waals surface area contributed by atoms with Crippen molar-refractivity contribution in [2.75, 3.05) is 6.61 Å². The fraction of sp³-hybridized carbons (Fsp3) is 0.455. The first-order chi connectivity index (χ1) is 6.72. The number of aliphatic hydroxyl groups is 1. The maximum atomic E-state index is 8.72. The van der Waals surface area contributed by atoms with Gasteiger partial charge in [0, 0.05) is 23.7 Å². The van der Waals surface area contributed by atoms with Crippen LogP contribution in [0.4, 0.5) is 0 Å². The maximum Gasteiger partial charge on any atom is 0.0445 e. The zero-order valence-electron chi connectivity index (χ0n) is 8.33. The summed E-state index contributed by atoms with van der Waals surface area (Å²) in [5.41, 5.74) is 1.26. The molecule has 2 nitrogen and oxygen atoms in total. The molecule has 1 unspecified atom stereocenters. The van der Waals surface area contributed by atoms with E-state index in [4.69, 9.17) is 5.11 Å².